The quantitative estimate of drug-likeness (QED) is 0.793. The van der Waals surface area contributed by atoms with E-state index in [0.717, 1.165) is 5.56 Å². The molecule has 0 saturated carbocycles. The molecule has 0 aliphatic carbocycles. The average molecular weight is 327 g/mol. The van der Waals surface area contributed by atoms with Crippen molar-refractivity contribution in [2.45, 2.75) is 13.0 Å². The summed E-state index contributed by atoms with van der Waals surface area (Å²) in [4.78, 5) is 25.8. The number of hydrogen-bond donors (Lipinski definition) is 0. The Hall–Kier alpha value is -2.69. The molecule has 0 radical (unpaired) electrons. The molecule has 4 nitrogen and oxygen atoms in total. The van der Waals surface area contributed by atoms with Crippen molar-refractivity contribution >= 4 is 11.9 Å². The number of hydrogen-bond acceptors (Lipinski definition) is 3. The molecule has 1 heterocycles. The molecule has 1 amide bonds. The van der Waals surface area contributed by atoms with Crippen LogP contribution in [0.15, 0.2) is 54.6 Å². The monoisotopic (exact) mass is 327 g/mol. The van der Waals surface area contributed by atoms with E-state index in [1.54, 1.807) is 11.0 Å². The molecule has 1 saturated heterocycles. The maximum atomic E-state index is 13.5. The van der Waals surface area contributed by atoms with E-state index in [1.807, 2.05) is 30.3 Å². The molecule has 0 N–H and O–H groups in total. The maximum Gasteiger partial charge on any atom is 0.341 e. The third-order valence-electron chi connectivity index (χ3n) is 4.05. The maximum absolute atomic E-state index is 13.5. The number of benzene rings is 2. The fraction of sp³-hybridized carbons (Fsp3) is 0.263. The molecule has 1 aliphatic rings. The van der Waals surface area contributed by atoms with Gasteiger partial charge in [0.05, 0.1) is 12.2 Å². The number of carbonyl (C=O) groups is 2. The number of esters is 1. The fourth-order valence-corrected chi connectivity index (χ4v) is 2.82. The predicted octanol–water partition coefficient (Wildman–Crippen LogP) is 3.03. The average Bonchev–Trinajstić information content (AvgIpc) is 2.94. The van der Waals surface area contributed by atoms with E-state index >= 15 is 0 Å². The van der Waals surface area contributed by atoms with Crippen molar-refractivity contribution in [3.8, 4) is 0 Å². The van der Waals surface area contributed by atoms with E-state index in [4.69, 9.17) is 4.74 Å². The summed E-state index contributed by atoms with van der Waals surface area (Å²) >= 11 is 0. The summed E-state index contributed by atoms with van der Waals surface area (Å²) in [6.45, 7) is 1.21. The second-order valence-electron chi connectivity index (χ2n) is 5.91. The molecular formula is C19H18FNO3. The van der Waals surface area contributed by atoms with Gasteiger partial charge in [-0.25, -0.2) is 9.18 Å². The van der Waals surface area contributed by atoms with Crippen molar-refractivity contribution < 1.29 is 18.7 Å². The molecule has 0 unspecified atom stereocenters. The fourth-order valence-electron chi connectivity index (χ4n) is 2.82. The Kier molecular flexibility index (Phi) is 4.89. The third kappa shape index (κ3) is 3.79. The van der Waals surface area contributed by atoms with Crippen LogP contribution in [-0.2, 0) is 16.1 Å². The molecule has 24 heavy (non-hydrogen) atoms. The predicted molar refractivity (Wildman–Crippen MR) is 86.6 cm³/mol. The standard InChI is InChI=1S/C19H18FNO3/c20-17-9-5-4-8-16(17)19(23)24-13-15-10-18(22)21(12-15)11-14-6-2-1-3-7-14/h1-9,15H,10-13H2/t15-/m1/s1. The Morgan fingerprint density at radius 3 is 2.58 bits per heavy atom. The minimum absolute atomic E-state index is 0.0470. The zero-order valence-corrected chi connectivity index (χ0v) is 13.2. The van der Waals surface area contributed by atoms with Gasteiger partial charge in [0, 0.05) is 25.4 Å². The van der Waals surface area contributed by atoms with Crippen LogP contribution in [0.1, 0.15) is 22.3 Å². The third-order valence-corrected chi connectivity index (χ3v) is 4.05. The first kappa shape index (κ1) is 16.2. The lowest BCUT2D eigenvalue weighted by Crippen LogP contribution is -2.25. The molecule has 0 spiro atoms. The number of likely N-dealkylation sites (tertiary alicyclic amines) is 1. The van der Waals surface area contributed by atoms with Crippen LogP contribution in [0.2, 0.25) is 0 Å². The first-order valence-electron chi connectivity index (χ1n) is 7.87. The zero-order chi connectivity index (χ0) is 16.9. The van der Waals surface area contributed by atoms with Gasteiger partial charge in [-0.15, -0.1) is 0 Å². The van der Waals surface area contributed by atoms with Crippen LogP contribution in [0.3, 0.4) is 0 Å². The van der Waals surface area contributed by atoms with Gasteiger partial charge in [0.15, 0.2) is 0 Å². The molecule has 124 valence electrons. The van der Waals surface area contributed by atoms with Gasteiger partial charge in [0.25, 0.3) is 0 Å². The van der Waals surface area contributed by atoms with Crippen molar-refractivity contribution in [3.63, 3.8) is 0 Å². The van der Waals surface area contributed by atoms with Crippen LogP contribution in [0, 0.1) is 11.7 Å². The lowest BCUT2D eigenvalue weighted by atomic mass is 10.1. The van der Waals surface area contributed by atoms with E-state index in [2.05, 4.69) is 0 Å². The number of amides is 1. The zero-order valence-electron chi connectivity index (χ0n) is 13.2. The van der Waals surface area contributed by atoms with Gasteiger partial charge in [0.1, 0.15) is 5.82 Å². The molecule has 1 atom stereocenters. The van der Waals surface area contributed by atoms with Gasteiger partial charge in [-0.3, -0.25) is 4.79 Å². The van der Waals surface area contributed by atoms with E-state index in [0.29, 0.717) is 19.5 Å². The van der Waals surface area contributed by atoms with Crippen LogP contribution < -0.4 is 0 Å². The molecule has 5 heteroatoms. The molecule has 0 bridgehead atoms. The van der Waals surface area contributed by atoms with Crippen LogP contribution in [-0.4, -0.2) is 29.9 Å². The van der Waals surface area contributed by atoms with Gasteiger partial charge >= 0.3 is 5.97 Å². The van der Waals surface area contributed by atoms with Crippen molar-refractivity contribution in [3.05, 3.63) is 71.5 Å². The lowest BCUT2D eigenvalue weighted by molar-refractivity contribution is -0.128. The Bertz CT molecular complexity index is 732. The van der Waals surface area contributed by atoms with Gasteiger partial charge in [-0.05, 0) is 17.7 Å². The Balaban J connectivity index is 1.53. The summed E-state index contributed by atoms with van der Waals surface area (Å²) in [5, 5.41) is 0. The number of carbonyl (C=O) groups excluding carboxylic acids is 2. The van der Waals surface area contributed by atoms with Crippen LogP contribution >= 0.6 is 0 Å². The SMILES string of the molecule is O=C(OC[C@@H]1CC(=O)N(Cc2ccccc2)C1)c1ccccc1F. The summed E-state index contributed by atoms with van der Waals surface area (Å²) in [6, 6.07) is 15.4. The Morgan fingerprint density at radius 1 is 1.12 bits per heavy atom. The van der Waals surface area contributed by atoms with Gasteiger partial charge in [-0.1, -0.05) is 42.5 Å². The number of halogens is 1. The number of nitrogens with zero attached hydrogens (tertiary/aromatic N) is 1. The lowest BCUT2D eigenvalue weighted by Gasteiger charge is -2.16. The Morgan fingerprint density at radius 2 is 1.83 bits per heavy atom. The normalized spacial score (nSPS) is 17.1. The van der Waals surface area contributed by atoms with E-state index in [1.165, 1.54) is 18.2 Å². The molecule has 3 rings (SSSR count). The van der Waals surface area contributed by atoms with Gasteiger partial charge < -0.3 is 9.64 Å². The highest BCUT2D eigenvalue weighted by Gasteiger charge is 2.30. The molecule has 0 aromatic heterocycles. The second-order valence-corrected chi connectivity index (χ2v) is 5.91. The molecule has 1 aliphatic heterocycles. The van der Waals surface area contributed by atoms with Gasteiger partial charge in [0.2, 0.25) is 5.91 Å². The molecular weight excluding hydrogens is 309 g/mol. The molecule has 2 aromatic carbocycles. The summed E-state index contributed by atoms with van der Waals surface area (Å²) in [7, 11) is 0. The van der Waals surface area contributed by atoms with Gasteiger partial charge in [-0.2, -0.15) is 0 Å². The first-order chi connectivity index (χ1) is 11.6. The number of rotatable bonds is 5. The minimum Gasteiger partial charge on any atom is -0.462 e. The smallest absolute Gasteiger partial charge is 0.341 e. The second kappa shape index (κ2) is 7.25. The largest absolute Gasteiger partial charge is 0.462 e. The minimum atomic E-state index is -0.693. The highest BCUT2D eigenvalue weighted by atomic mass is 19.1. The van der Waals surface area contributed by atoms with E-state index in [-0.39, 0.29) is 24.0 Å². The Labute approximate surface area is 139 Å². The van der Waals surface area contributed by atoms with E-state index < -0.39 is 11.8 Å². The summed E-state index contributed by atoms with van der Waals surface area (Å²) in [5.74, 6) is -1.31. The molecule has 1 fully saturated rings. The number of ether oxygens (including phenoxy) is 1. The van der Waals surface area contributed by atoms with Crippen molar-refractivity contribution in [1.29, 1.82) is 0 Å². The van der Waals surface area contributed by atoms with Crippen molar-refractivity contribution in [2.75, 3.05) is 13.2 Å². The van der Waals surface area contributed by atoms with Crippen LogP contribution in [0.4, 0.5) is 4.39 Å². The topological polar surface area (TPSA) is 46.6 Å². The highest BCUT2D eigenvalue weighted by Crippen LogP contribution is 2.21. The van der Waals surface area contributed by atoms with E-state index in [9.17, 15) is 14.0 Å². The van der Waals surface area contributed by atoms with Crippen LogP contribution in [0.25, 0.3) is 0 Å². The highest BCUT2D eigenvalue weighted by molar-refractivity contribution is 5.89. The summed E-state index contributed by atoms with van der Waals surface area (Å²) in [5.41, 5.74) is 0.984. The molecule has 2 aromatic rings. The summed E-state index contributed by atoms with van der Waals surface area (Å²) < 4.78 is 18.7. The van der Waals surface area contributed by atoms with Crippen molar-refractivity contribution in [2.24, 2.45) is 5.92 Å². The summed E-state index contributed by atoms with van der Waals surface area (Å²) in [6.07, 6.45) is 0.345. The van der Waals surface area contributed by atoms with Crippen LogP contribution in [0.5, 0.6) is 0 Å². The first-order valence-corrected chi connectivity index (χ1v) is 7.87. The van der Waals surface area contributed by atoms with Crippen molar-refractivity contribution in [1.82, 2.24) is 4.90 Å².